The Balaban J connectivity index is 2.33. The van der Waals surface area contributed by atoms with Gasteiger partial charge in [-0.2, -0.15) is 0 Å². The molecule has 3 nitrogen and oxygen atoms in total. The standard InChI is InChI=1S/C23H26ClFO3/c1-5-28-22(27)20(25)14-19(15-8-12-18(24)13-9-15)21(26)16-6-10-17(11-7-16)23(2,3)4/h6-13,19-20H,5,14H2,1-4H3/t19?,20-/m0/s1. The quantitative estimate of drug-likeness (QED) is 0.426. The average molecular weight is 405 g/mol. The summed E-state index contributed by atoms with van der Waals surface area (Å²) in [5.74, 6) is -2.00. The first kappa shape index (κ1) is 22.1. The number of ketones is 1. The van der Waals surface area contributed by atoms with Crippen LogP contribution >= 0.6 is 11.6 Å². The Morgan fingerprint density at radius 2 is 1.61 bits per heavy atom. The summed E-state index contributed by atoms with van der Waals surface area (Å²) in [4.78, 5) is 24.9. The van der Waals surface area contributed by atoms with E-state index in [1.54, 1.807) is 43.3 Å². The molecule has 0 aliphatic heterocycles. The molecule has 0 fully saturated rings. The molecule has 150 valence electrons. The molecule has 0 amide bonds. The van der Waals surface area contributed by atoms with Gasteiger partial charge in [0, 0.05) is 17.0 Å². The number of Topliss-reactive ketones (excluding diaryl/α,β-unsaturated/α-hetero) is 1. The molecule has 2 atom stereocenters. The van der Waals surface area contributed by atoms with Crippen molar-refractivity contribution in [3.63, 3.8) is 0 Å². The molecule has 0 radical (unpaired) electrons. The summed E-state index contributed by atoms with van der Waals surface area (Å²) in [5.41, 5.74) is 2.15. The first-order chi connectivity index (χ1) is 13.1. The predicted molar refractivity (Wildman–Crippen MR) is 110 cm³/mol. The Kier molecular flexibility index (Phi) is 7.36. The van der Waals surface area contributed by atoms with Gasteiger partial charge >= 0.3 is 5.97 Å². The highest BCUT2D eigenvalue weighted by Crippen LogP contribution is 2.30. The van der Waals surface area contributed by atoms with Crippen LogP contribution in [0.25, 0.3) is 0 Å². The Morgan fingerprint density at radius 3 is 2.11 bits per heavy atom. The fourth-order valence-corrected chi connectivity index (χ4v) is 3.09. The number of hydrogen-bond donors (Lipinski definition) is 0. The van der Waals surface area contributed by atoms with Gasteiger partial charge in [0.15, 0.2) is 12.0 Å². The van der Waals surface area contributed by atoms with Crippen LogP contribution in [0.2, 0.25) is 5.02 Å². The van der Waals surface area contributed by atoms with Gasteiger partial charge in [-0.15, -0.1) is 0 Å². The summed E-state index contributed by atoms with van der Waals surface area (Å²) in [6, 6.07) is 14.0. The SMILES string of the molecule is CCOC(=O)[C@@H](F)CC(C(=O)c1ccc(C(C)(C)C)cc1)c1ccc(Cl)cc1. The number of carbonyl (C=O) groups excluding carboxylic acids is 2. The molecule has 0 spiro atoms. The summed E-state index contributed by atoms with van der Waals surface area (Å²) in [7, 11) is 0. The van der Waals surface area contributed by atoms with Gasteiger partial charge in [0.2, 0.25) is 0 Å². The van der Waals surface area contributed by atoms with Crippen LogP contribution in [0.1, 0.15) is 61.5 Å². The van der Waals surface area contributed by atoms with E-state index < -0.39 is 18.1 Å². The molecule has 0 saturated carbocycles. The van der Waals surface area contributed by atoms with Gasteiger partial charge in [-0.05, 0) is 35.6 Å². The maximum absolute atomic E-state index is 14.4. The van der Waals surface area contributed by atoms with Crippen LogP contribution in [0, 0.1) is 0 Å². The third kappa shape index (κ3) is 5.65. The van der Waals surface area contributed by atoms with Crippen molar-refractivity contribution in [2.75, 3.05) is 6.61 Å². The van der Waals surface area contributed by atoms with Gasteiger partial charge in [-0.3, -0.25) is 4.79 Å². The van der Waals surface area contributed by atoms with Gasteiger partial charge in [0.05, 0.1) is 12.5 Å². The summed E-state index contributed by atoms with van der Waals surface area (Å²) in [6.45, 7) is 7.98. The van der Waals surface area contributed by atoms with E-state index in [9.17, 15) is 14.0 Å². The van der Waals surface area contributed by atoms with Crippen LogP contribution in [0.15, 0.2) is 48.5 Å². The molecule has 0 bridgehead atoms. The van der Waals surface area contributed by atoms with Crippen molar-refractivity contribution < 1.29 is 18.7 Å². The van der Waals surface area contributed by atoms with Crippen LogP contribution < -0.4 is 0 Å². The summed E-state index contributed by atoms with van der Waals surface area (Å²) in [6.07, 6.45) is -2.15. The Morgan fingerprint density at radius 1 is 1.04 bits per heavy atom. The van der Waals surface area contributed by atoms with E-state index in [2.05, 4.69) is 20.8 Å². The van der Waals surface area contributed by atoms with E-state index >= 15 is 0 Å². The minimum atomic E-state index is -1.88. The lowest BCUT2D eigenvalue weighted by atomic mass is 9.83. The molecule has 0 saturated heterocycles. The number of ether oxygens (including phenoxy) is 1. The van der Waals surface area contributed by atoms with E-state index in [0.29, 0.717) is 16.1 Å². The van der Waals surface area contributed by atoms with Crippen molar-refractivity contribution >= 4 is 23.4 Å². The topological polar surface area (TPSA) is 43.4 Å². The molecule has 0 N–H and O–H groups in total. The zero-order valence-electron chi connectivity index (χ0n) is 16.7. The number of esters is 1. The smallest absolute Gasteiger partial charge is 0.340 e. The zero-order chi connectivity index (χ0) is 20.9. The second-order valence-electron chi connectivity index (χ2n) is 7.75. The number of rotatable bonds is 7. The third-order valence-corrected chi connectivity index (χ3v) is 4.86. The van der Waals surface area contributed by atoms with E-state index in [1.807, 2.05) is 12.1 Å². The minimum Gasteiger partial charge on any atom is -0.464 e. The summed E-state index contributed by atoms with van der Waals surface area (Å²) in [5, 5.41) is 0.520. The highest BCUT2D eigenvalue weighted by molar-refractivity contribution is 6.30. The van der Waals surface area contributed by atoms with Crippen LogP contribution in [-0.4, -0.2) is 24.5 Å². The number of alkyl halides is 1. The molecule has 1 unspecified atom stereocenters. The van der Waals surface area contributed by atoms with Crippen molar-refractivity contribution in [3.8, 4) is 0 Å². The molecular formula is C23H26ClFO3. The van der Waals surface area contributed by atoms with Gasteiger partial charge in [0.1, 0.15) is 0 Å². The van der Waals surface area contributed by atoms with E-state index in [1.165, 1.54) is 0 Å². The van der Waals surface area contributed by atoms with Gasteiger partial charge in [0.25, 0.3) is 0 Å². The molecule has 0 heterocycles. The number of carbonyl (C=O) groups is 2. The maximum atomic E-state index is 14.4. The van der Waals surface area contributed by atoms with Gasteiger partial charge in [-0.1, -0.05) is 68.8 Å². The molecule has 2 aromatic carbocycles. The molecular weight excluding hydrogens is 379 g/mol. The normalized spacial score (nSPS) is 13.6. The predicted octanol–water partition coefficient (Wildman–Crippen LogP) is 5.90. The van der Waals surface area contributed by atoms with Crippen LogP contribution in [-0.2, 0) is 14.9 Å². The highest BCUT2D eigenvalue weighted by atomic mass is 35.5. The second kappa shape index (κ2) is 9.33. The molecule has 0 aliphatic carbocycles. The van der Waals surface area contributed by atoms with Crippen LogP contribution in [0.4, 0.5) is 4.39 Å². The van der Waals surface area contributed by atoms with Crippen molar-refractivity contribution in [2.45, 2.75) is 51.6 Å². The molecule has 2 rings (SSSR count). The Bertz CT molecular complexity index is 807. The number of halogens is 2. The molecule has 28 heavy (non-hydrogen) atoms. The Hall–Kier alpha value is -2.20. The van der Waals surface area contributed by atoms with Crippen molar-refractivity contribution in [2.24, 2.45) is 0 Å². The lowest BCUT2D eigenvalue weighted by Crippen LogP contribution is -2.25. The molecule has 0 aliphatic rings. The van der Waals surface area contributed by atoms with E-state index in [0.717, 1.165) is 5.56 Å². The Labute approximate surface area is 170 Å². The summed E-state index contributed by atoms with van der Waals surface area (Å²) < 4.78 is 19.2. The van der Waals surface area contributed by atoms with Crippen LogP contribution in [0.3, 0.4) is 0 Å². The third-order valence-electron chi connectivity index (χ3n) is 4.61. The lowest BCUT2D eigenvalue weighted by molar-refractivity contribution is -0.149. The zero-order valence-corrected chi connectivity index (χ0v) is 17.4. The van der Waals surface area contributed by atoms with Gasteiger partial charge < -0.3 is 4.74 Å². The van der Waals surface area contributed by atoms with E-state index in [4.69, 9.17) is 16.3 Å². The lowest BCUT2D eigenvalue weighted by Gasteiger charge is -2.21. The van der Waals surface area contributed by atoms with Gasteiger partial charge in [-0.25, -0.2) is 9.18 Å². The molecule has 5 heteroatoms. The van der Waals surface area contributed by atoms with Crippen molar-refractivity contribution in [1.82, 2.24) is 0 Å². The number of hydrogen-bond acceptors (Lipinski definition) is 3. The highest BCUT2D eigenvalue weighted by Gasteiger charge is 2.30. The molecule has 0 aromatic heterocycles. The monoisotopic (exact) mass is 404 g/mol. The second-order valence-corrected chi connectivity index (χ2v) is 8.19. The number of benzene rings is 2. The average Bonchev–Trinajstić information content (AvgIpc) is 2.66. The van der Waals surface area contributed by atoms with Crippen molar-refractivity contribution in [3.05, 3.63) is 70.2 Å². The van der Waals surface area contributed by atoms with Crippen molar-refractivity contribution in [1.29, 1.82) is 0 Å². The first-order valence-electron chi connectivity index (χ1n) is 9.34. The van der Waals surface area contributed by atoms with Crippen LogP contribution in [0.5, 0.6) is 0 Å². The molecule has 2 aromatic rings. The summed E-state index contributed by atoms with van der Waals surface area (Å²) >= 11 is 5.94. The van der Waals surface area contributed by atoms with E-state index in [-0.39, 0.29) is 24.2 Å². The first-order valence-corrected chi connectivity index (χ1v) is 9.72. The minimum absolute atomic E-state index is 0.0366. The fourth-order valence-electron chi connectivity index (χ4n) is 2.96. The fraction of sp³-hybridized carbons (Fsp3) is 0.391. The largest absolute Gasteiger partial charge is 0.464 e. The maximum Gasteiger partial charge on any atom is 0.340 e.